The second-order valence-corrected chi connectivity index (χ2v) is 12.3. The van der Waals surface area contributed by atoms with Crippen molar-refractivity contribution in [1.82, 2.24) is 14.4 Å². The van der Waals surface area contributed by atoms with Gasteiger partial charge in [-0.2, -0.15) is 0 Å². The fraction of sp³-hybridized carbons (Fsp3) is 0.368. The molecular weight excluding hydrogens is 444 g/mol. The molecule has 3 aromatic heterocycles. The maximum absolute atomic E-state index is 13.1. The number of sulfone groups is 1. The average Bonchev–Trinajstić information content (AvgIpc) is 3.07. The molecule has 0 aliphatic carbocycles. The van der Waals surface area contributed by atoms with Crippen LogP contribution in [0.1, 0.15) is 20.8 Å². The highest BCUT2D eigenvalue weighted by Crippen LogP contribution is 2.35. The van der Waals surface area contributed by atoms with Gasteiger partial charge >= 0.3 is 0 Å². The topological polar surface area (TPSA) is 129 Å². The number of sulfonamides is 1. The molecule has 0 unspecified atom stereocenters. The van der Waals surface area contributed by atoms with Crippen LogP contribution in [0, 0.1) is 0 Å². The molecule has 3 rings (SSSR count). The Balaban J connectivity index is 2.26. The summed E-state index contributed by atoms with van der Waals surface area (Å²) in [7, 11) is -4.54. The zero-order valence-corrected chi connectivity index (χ0v) is 19.6. The van der Waals surface area contributed by atoms with Gasteiger partial charge in [-0.1, -0.05) is 0 Å². The maximum Gasteiger partial charge on any atom is 0.238 e. The van der Waals surface area contributed by atoms with E-state index in [9.17, 15) is 16.8 Å². The molecule has 0 spiro atoms. The Morgan fingerprint density at radius 3 is 2.23 bits per heavy atom. The van der Waals surface area contributed by atoms with E-state index in [0.29, 0.717) is 16.9 Å². The van der Waals surface area contributed by atoms with E-state index >= 15 is 0 Å². The molecule has 10 nitrogen and oxygen atoms in total. The molecule has 0 amide bonds. The predicted molar refractivity (Wildman–Crippen MR) is 117 cm³/mol. The van der Waals surface area contributed by atoms with Crippen LogP contribution in [0.15, 0.2) is 35.6 Å². The van der Waals surface area contributed by atoms with E-state index in [1.807, 2.05) is 0 Å². The molecule has 0 saturated heterocycles. The van der Waals surface area contributed by atoms with Gasteiger partial charge in [0, 0.05) is 24.0 Å². The number of methoxy groups -OCH3 is 2. The van der Waals surface area contributed by atoms with E-state index in [-0.39, 0.29) is 22.2 Å². The largest absolute Gasteiger partial charge is 0.495 e. The average molecular weight is 469 g/mol. The lowest BCUT2D eigenvalue weighted by molar-refractivity contribution is 0.400. The van der Waals surface area contributed by atoms with Crippen molar-refractivity contribution in [2.45, 2.75) is 30.4 Å². The normalized spacial score (nSPS) is 12.7. The van der Waals surface area contributed by atoms with E-state index in [2.05, 4.69) is 14.7 Å². The van der Waals surface area contributed by atoms with E-state index < -0.39 is 24.6 Å². The molecular formula is C19H24N4O6S2. The summed E-state index contributed by atoms with van der Waals surface area (Å²) in [6, 6.07) is 3.08. The molecule has 12 heteroatoms. The lowest BCUT2D eigenvalue weighted by Gasteiger charge is -2.21. The summed E-state index contributed by atoms with van der Waals surface area (Å²) < 4.78 is 63.0. The fourth-order valence-electron chi connectivity index (χ4n) is 2.92. The number of pyridine rings is 2. The van der Waals surface area contributed by atoms with Gasteiger partial charge in [-0.25, -0.2) is 26.8 Å². The molecule has 0 bridgehead atoms. The third kappa shape index (κ3) is 4.30. The molecule has 0 radical (unpaired) electrons. The number of aromatic nitrogens is 3. The summed E-state index contributed by atoms with van der Waals surface area (Å²) >= 11 is 0. The predicted octanol–water partition coefficient (Wildman–Crippen LogP) is 2.36. The van der Waals surface area contributed by atoms with Gasteiger partial charge in [-0.05, 0) is 26.8 Å². The summed E-state index contributed by atoms with van der Waals surface area (Å²) in [6.07, 6.45) is 5.49. The lowest BCUT2D eigenvalue weighted by Crippen LogP contribution is -2.28. The third-order valence-electron chi connectivity index (χ3n) is 4.53. The van der Waals surface area contributed by atoms with E-state index in [1.165, 1.54) is 38.9 Å². The van der Waals surface area contributed by atoms with Crippen LogP contribution in [-0.2, 0) is 19.9 Å². The minimum atomic E-state index is -3.73. The molecule has 0 aliphatic heterocycles. The van der Waals surface area contributed by atoms with Gasteiger partial charge in [-0.3, -0.25) is 9.12 Å². The maximum atomic E-state index is 13.1. The van der Waals surface area contributed by atoms with Crippen molar-refractivity contribution in [2.24, 2.45) is 0 Å². The van der Waals surface area contributed by atoms with Crippen molar-refractivity contribution in [3.63, 3.8) is 0 Å². The Hall–Kier alpha value is -2.86. The smallest absolute Gasteiger partial charge is 0.238 e. The molecule has 3 heterocycles. The van der Waals surface area contributed by atoms with Gasteiger partial charge in [0.1, 0.15) is 22.0 Å². The molecule has 0 fully saturated rings. The number of hydrogen-bond acceptors (Lipinski definition) is 8. The second kappa shape index (κ2) is 7.68. The van der Waals surface area contributed by atoms with Crippen LogP contribution in [0.3, 0.4) is 0 Å². The summed E-state index contributed by atoms with van der Waals surface area (Å²) in [6.45, 7) is 4.83. The molecule has 0 saturated carbocycles. The van der Waals surface area contributed by atoms with Crippen molar-refractivity contribution in [2.75, 3.05) is 25.2 Å². The van der Waals surface area contributed by atoms with Crippen LogP contribution >= 0.6 is 0 Å². The highest BCUT2D eigenvalue weighted by Gasteiger charge is 2.34. The number of fused-ring (bicyclic) bond motifs is 1. The fourth-order valence-corrected chi connectivity index (χ4v) is 4.78. The number of nitrogens with zero attached hydrogens (tertiary/aromatic N) is 3. The van der Waals surface area contributed by atoms with Gasteiger partial charge in [-0.15, -0.1) is 0 Å². The number of nitrogens with one attached hydrogen (secondary N) is 1. The van der Waals surface area contributed by atoms with E-state index in [1.54, 1.807) is 31.2 Å². The molecule has 0 atom stereocenters. The zero-order chi connectivity index (χ0) is 23.2. The minimum Gasteiger partial charge on any atom is -0.495 e. The Kier molecular flexibility index (Phi) is 5.65. The van der Waals surface area contributed by atoms with Crippen molar-refractivity contribution >= 4 is 31.2 Å². The molecule has 0 aliphatic rings. The minimum absolute atomic E-state index is 0.0187. The van der Waals surface area contributed by atoms with Crippen LogP contribution < -0.4 is 14.2 Å². The first-order chi connectivity index (χ1) is 14.3. The summed E-state index contributed by atoms with van der Waals surface area (Å²) in [5, 5.41) is 0. The van der Waals surface area contributed by atoms with Crippen molar-refractivity contribution in [3.05, 3.63) is 30.7 Å². The number of anilines is 1. The van der Waals surface area contributed by atoms with Gasteiger partial charge < -0.3 is 9.47 Å². The highest BCUT2D eigenvalue weighted by atomic mass is 32.2. The summed E-state index contributed by atoms with van der Waals surface area (Å²) in [4.78, 5) is 8.50. The molecule has 1 N–H and O–H groups in total. The number of ether oxygens (including phenoxy) is 2. The Bertz CT molecular complexity index is 1360. The summed E-state index contributed by atoms with van der Waals surface area (Å²) in [5.41, 5.74) is 1.61. The lowest BCUT2D eigenvalue weighted by atomic mass is 10.2. The molecule has 31 heavy (non-hydrogen) atoms. The second-order valence-electron chi connectivity index (χ2n) is 7.85. The van der Waals surface area contributed by atoms with Crippen molar-refractivity contribution in [1.29, 1.82) is 0 Å². The van der Waals surface area contributed by atoms with E-state index in [0.717, 1.165) is 6.26 Å². The molecule has 0 aromatic carbocycles. The van der Waals surface area contributed by atoms with Crippen LogP contribution in [0.5, 0.6) is 11.6 Å². The van der Waals surface area contributed by atoms with Crippen LogP contribution in [0.25, 0.3) is 16.9 Å². The number of imidazole rings is 1. The monoisotopic (exact) mass is 468 g/mol. The van der Waals surface area contributed by atoms with Crippen molar-refractivity contribution in [3.8, 4) is 22.9 Å². The van der Waals surface area contributed by atoms with Crippen LogP contribution in [0.2, 0.25) is 0 Å². The first-order valence-electron chi connectivity index (χ1n) is 9.10. The van der Waals surface area contributed by atoms with Gasteiger partial charge in [0.05, 0.1) is 37.1 Å². The third-order valence-corrected chi connectivity index (χ3v) is 7.61. The molecule has 3 aromatic rings. The quantitative estimate of drug-likeness (QED) is 0.584. The van der Waals surface area contributed by atoms with E-state index in [4.69, 9.17) is 9.47 Å². The first-order valence-corrected chi connectivity index (χ1v) is 12.5. The summed E-state index contributed by atoms with van der Waals surface area (Å²) in [5.74, 6) is 0.285. The van der Waals surface area contributed by atoms with Crippen LogP contribution in [-0.4, -0.2) is 56.4 Å². The first kappa shape index (κ1) is 22.8. The standard InChI is InChI=1S/C19H24N4O6S2/c1-19(2,3)31(26,27)16-11-23-14(10-20-17(23)8-15(16)28-4)12-7-13(22-30(6,24)25)18(29-5)21-9-12/h7-11,22H,1-6H3. The van der Waals surface area contributed by atoms with Gasteiger partial charge in [0.2, 0.25) is 15.9 Å². The van der Waals surface area contributed by atoms with Crippen molar-refractivity contribution < 1.29 is 26.3 Å². The zero-order valence-electron chi connectivity index (χ0n) is 18.0. The highest BCUT2D eigenvalue weighted by molar-refractivity contribution is 7.93. The Morgan fingerprint density at radius 1 is 1.00 bits per heavy atom. The number of rotatable bonds is 6. The Labute approximate surface area is 181 Å². The van der Waals surface area contributed by atoms with Gasteiger partial charge in [0.25, 0.3) is 0 Å². The van der Waals surface area contributed by atoms with Crippen LogP contribution in [0.4, 0.5) is 5.69 Å². The molecule has 168 valence electrons. The van der Waals surface area contributed by atoms with Gasteiger partial charge in [0.15, 0.2) is 9.84 Å². The SMILES string of the molecule is COc1cc2ncc(-c3cnc(OC)c(NS(C)(=O)=O)c3)n2cc1S(=O)(=O)C(C)(C)C. The Morgan fingerprint density at radius 2 is 1.68 bits per heavy atom. The number of hydrogen-bond donors (Lipinski definition) is 1.